The zero-order chi connectivity index (χ0) is 10.7. The molecule has 0 radical (unpaired) electrons. The summed E-state index contributed by atoms with van der Waals surface area (Å²) in [5.74, 6) is 0. The molecular formula is C11H13N3O. The van der Waals surface area contributed by atoms with Crippen molar-refractivity contribution in [3.63, 3.8) is 0 Å². The van der Waals surface area contributed by atoms with E-state index in [0.29, 0.717) is 6.42 Å². The zero-order valence-electron chi connectivity index (χ0n) is 8.54. The van der Waals surface area contributed by atoms with Gasteiger partial charge in [0.05, 0.1) is 11.8 Å². The third-order valence-corrected chi connectivity index (χ3v) is 2.24. The summed E-state index contributed by atoms with van der Waals surface area (Å²) in [6.45, 7) is 0. The summed E-state index contributed by atoms with van der Waals surface area (Å²) in [5, 5.41) is 14.1. The molecule has 4 heteroatoms. The lowest BCUT2D eigenvalue weighted by Crippen LogP contribution is -2.03. The molecule has 2 aromatic heterocycles. The molecule has 0 spiro atoms. The van der Waals surface area contributed by atoms with E-state index in [1.54, 1.807) is 17.1 Å². The fourth-order valence-electron chi connectivity index (χ4n) is 1.46. The van der Waals surface area contributed by atoms with Crippen LogP contribution in [-0.2, 0) is 13.5 Å². The Hall–Kier alpha value is -1.68. The number of hydrogen-bond donors (Lipinski definition) is 1. The molecule has 2 heterocycles. The molecule has 1 unspecified atom stereocenters. The second-order valence-electron chi connectivity index (χ2n) is 3.49. The van der Waals surface area contributed by atoms with Crippen LogP contribution in [0.1, 0.15) is 17.4 Å². The second kappa shape index (κ2) is 4.23. The topological polar surface area (TPSA) is 50.9 Å². The molecule has 2 aromatic rings. The number of rotatable bonds is 3. The molecule has 0 aromatic carbocycles. The third-order valence-electron chi connectivity index (χ3n) is 2.24. The first kappa shape index (κ1) is 9.86. The first-order chi connectivity index (χ1) is 7.25. The summed E-state index contributed by atoms with van der Waals surface area (Å²) in [6, 6.07) is 5.58. The van der Waals surface area contributed by atoms with E-state index in [1.165, 1.54) is 0 Å². The van der Waals surface area contributed by atoms with E-state index < -0.39 is 6.10 Å². The highest BCUT2D eigenvalue weighted by Gasteiger charge is 2.09. The van der Waals surface area contributed by atoms with Gasteiger partial charge in [-0.3, -0.25) is 9.67 Å². The fourth-order valence-corrected chi connectivity index (χ4v) is 1.46. The molecule has 0 bridgehead atoms. The van der Waals surface area contributed by atoms with Gasteiger partial charge < -0.3 is 5.11 Å². The van der Waals surface area contributed by atoms with Crippen molar-refractivity contribution in [3.8, 4) is 0 Å². The molecule has 4 nitrogen and oxygen atoms in total. The molecule has 78 valence electrons. The Bertz CT molecular complexity index is 424. The highest BCUT2D eigenvalue weighted by Crippen LogP contribution is 2.15. The first-order valence-electron chi connectivity index (χ1n) is 4.82. The van der Waals surface area contributed by atoms with Crippen LogP contribution < -0.4 is 0 Å². The van der Waals surface area contributed by atoms with Gasteiger partial charge in [-0.2, -0.15) is 5.10 Å². The number of aliphatic hydroxyl groups is 1. The molecule has 0 fully saturated rings. The fraction of sp³-hybridized carbons (Fsp3) is 0.273. The van der Waals surface area contributed by atoms with Crippen molar-refractivity contribution in [2.75, 3.05) is 0 Å². The standard InChI is InChI=1S/C11H13N3O/c1-14-6-4-10(13-14)7-11(15)9-3-2-5-12-8-9/h2-6,8,11,15H,7H2,1H3. The van der Waals surface area contributed by atoms with Crippen LogP contribution in [0, 0.1) is 0 Å². The predicted molar refractivity (Wildman–Crippen MR) is 56.1 cm³/mol. The van der Waals surface area contributed by atoms with E-state index in [1.807, 2.05) is 31.4 Å². The van der Waals surface area contributed by atoms with Gasteiger partial charge in [0.2, 0.25) is 0 Å². The minimum Gasteiger partial charge on any atom is -0.388 e. The van der Waals surface area contributed by atoms with Crippen molar-refractivity contribution in [2.45, 2.75) is 12.5 Å². The lowest BCUT2D eigenvalue weighted by Gasteiger charge is -2.07. The van der Waals surface area contributed by atoms with E-state index in [0.717, 1.165) is 11.3 Å². The quantitative estimate of drug-likeness (QED) is 0.812. The minimum absolute atomic E-state index is 0.520. The van der Waals surface area contributed by atoms with E-state index >= 15 is 0 Å². The summed E-state index contributed by atoms with van der Waals surface area (Å²) in [7, 11) is 1.86. The van der Waals surface area contributed by atoms with Crippen molar-refractivity contribution < 1.29 is 5.11 Å². The third kappa shape index (κ3) is 2.41. The maximum atomic E-state index is 9.89. The van der Waals surface area contributed by atoms with Crippen molar-refractivity contribution in [1.82, 2.24) is 14.8 Å². The average Bonchev–Trinajstić information content (AvgIpc) is 2.65. The Kier molecular flexibility index (Phi) is 2.78. The molecule has 15 heavy (non-hydrogen) atoms. The van der Waals surface area contributed by atoms with Gasteiger partial charge in [0.25, 0.3) is 0 Å². The van der Waals surface area contributed by atoms with Gasteiger partial charge in [0.1, 0.15) is 0 Å². The van der Waals surface area contributed by atoms with Crippen LogP contribution in [0.4, 0.5) is 0 Å². The molecule has 0 saturated carbocycles. The Balaban J connectivity index is 2.07. The van der Waals surface area contributed by atoms with E-state index in [4.69, 9.17) is 0 Å². The van der Waals surface area contributed by atoms with Crippen LogP contribution in [0.3, 0.4) is 0 Å². The molecule has 0 amide bonds. The van der Waals surface area contributed by atoms with Crippen LogP contribution in [-0.4, -0.2) is 19.9 Å². The minimum atomic E-state index is -0.534. The molecule has 1 N–H and O–H groups in total. The molecule has 0 aliphatic heterocycles. The van der Waals surface area contributed by atoms with Crippen LogP contribution in [0.5, 0.6) is 0 Å². The molecule has 0 aliphatic rings. The monoisotopic (exact) mass is 203 g/mol. The van der Waals surface area contributed by atoms with Gasteiger partial charge in [-0.15, -0.1) is 0 Å². The Labute approximate surface area is 88.2 Å². The molecule has 1 atom stereocenters. The predicted octanol–water partition coefficient (Wildman–Crippen LogP) is 1.09. The van der Waals surface area contributed by atoms with Crippen molar-refractivity contribution in [1.29, 1.82) is 0 Å². The number of hydrogen-bond acceptors (Lipinski definition) is 3. The lowest BCUT2D eigenvalue weighted by atomic mass is 10.1. The highest BCUT2D eigenvalue weighted by molar-refractivity contribution is 5.14. The summed E-state index contributed by atoms with van der Waals surface area (Å²) in [4.78, 5) is 3.97. The summed E-state index contributed by atoms with van der Waals surface area (Å²) in [5.41, 5.74) is 1.71. The SMILES string of the molecule is Cn1ccc(CC(O)c2cccnc2)n1. The van der Waals surface area contributed by atoms with Crippen LogP contribution in [0.25, 0.3) is 0 Å². The van der Waals surface area contributed by atoms with Gasteiger partial charge in [0.15, 0.2) is 0 Å². The number of aryl methyl sites for hydroxylation is 1. The van der Waals surface area contributed by atoms with Crippen molar-refractivity contribution in [2.24, 2.45) is 7.05 Å². The smallest absolute Gasteiger partial charge is 0.0860 e. The summed E-state index contributed by atoms with van der Waals surface area (Å²) >= 11 is 0. The van der Waals surface area contributed by atoms with Crippen LogP contribution in [0.2, 0.25) is 0 Å². The van der Waals surface area contributed by atoms with E-state index in [9.17, 15) is 5.11 Å². The van der Waals surface area contributed by atoms with Crippen LogP contribution in [0.15, 0.2) is 36.8 Å². The van der Waals surface area contributed by atoms with Gasteiger partial charge in [0, 0.05) is 32.1 Å². The highest BCUT2D eigenvalue weighted by atomic mass is 16.3. The second-order valence-corrected chi connectivity index (χ2v) is 3.49. The largest absolute Gasteiger partial charge is 0.388 e. The molecular weight excluding hydrogens is 190 g/mol. The summed E-state index contributed by atoms with van der Waals surface area (Å²) in [6.07, 6.45) is 5.22. The Morgan fingerprint density at radius 3 is 2.93 bits per heavy atom. The van der Waals surface area contributed by atoms with E-state index in [2.05, 4.69) is 10.1 Å². The van der Waals surface area contributed by atoms with Crippen LogP contribution >= 0.6 is 0 Å². The summed E-state index contributed by atoms with van der Waals surface area (Å²) < 4.78 is 1.73. The normalized spacial score (nSPS) is 12.7. The zero-order valence-corrected chi connectivity index (χ0v) is 8.54. The Morgan fingerprint density at radius 1 is 1.47 bits per heavy atom. The van der Waals surface area contributed by atoms with Gasteiger partial charge in [-0.05, 0) is 17.7 Å². The van der Waals surface area contributed by atoms with Crippen molar-refractivity contribution >= 4 is 0 Å². The van der Waals surface area contributed by atoms with Gasteiger partial charge in [-0.1, -0.05) is 6.07 Å². The maximum Gasteiger partial charge on any atom is 0.0860 e. The Morgan fingerprint density at radius 2 is 2.33 bits per heavy atom. The lowest BCUT2D eigenvalue weighted by molar-refractivity contribution is 0.176. The molecule has 0 saturated heterocycles. The first-order valence-corrected chi connectivity index (χ1v) is 4.82. The molecule has 0 aliphatic carbocycles. The van der Waals surface area contributed by atoms with E-state index in [-0.39, 0.29) is 0 Å². The number of nitrogens with zero attached hydrogens (tertiary/aromatic N) is 3. The average molecular weight is 203 g/mol. The number of aliphatic hydroxyl groups excluding tert-OH is 1. The van der Waals surface area contributed by atoms with Crippen molar-refractivity contribution in [3.05, 3.63) is 48.0 Å². The number of aromatic nitrogens is 3. The van der Waals surface area contributed by atoms with Gasteiger partial charge >= 0.3 is 0 Å². The molecule has 2 rings (SSSR count). The van der Waals surface area contributed by atoms with Gasteiger partial charge in [-0.25, -0.2) is 0 Å². The number of pyridine rings is 1. The maximum absolute atomic E-state index is 9.89.